The van der Waals surface area contributed by atoms with Crippen molar-refractivity contribution in [2.45, 2.75) is 12.1 Å². The standard InChI is InChI=1S/C17H18N4O6S/c1-9-5-13(21-27-9)18-14(22)8-28-17-20-19-16(26-17)10-6-11(23-2)15(25-4)12(7-10)24-3/h5-7H,8H2,1-4H3,(H,18,21,22). The Morgan fingerprint density at radius 2 is 1.82 bits per heavy atom. The maximum Gasteiger partial charge on any atom is 0.277 e. The predicted octanol–water partition coefficient (Wildman–Crippen LogP) is 2.79. The van der Waals surface area contributed by atoms with E-state index in [1.807, 2.05) is 0 Å². The lowest BCUT2D eigenvalue weighted by Crippen LogP contribution is -2.14. The molecule has 2 heterocycles. The SMILES string of the molecule is COc1cc(-c2nnc(SCC(=O)Nc3cc(C)on3)o2)cc(OC)c1OC. The van der Waals surface area contributed by atoms with Gasteiger partial charge < -0.3 is 28.5 Å². The van der Waals surface area contributed by atoms with Crippen LogP contribution in [-0.2, 0) is 4.79 Å². The van der Waals surface area contributed by atoms with Crippen molar-refractivity contribution in [2.75, 3.05) is 32.4 Å². The van der Waals surface area contributed by atoms with Crippen LogP contribution in [0.1, 0.15) is 5.76 Å². The summed E-state index contributed by atoms with van der Waals surface area (Å²) in [5.74, 6) is 2.41. The molecule has 0 spiro atoms. The zero-order valence-electron chi connectivity index (χ0n) is 15.6. The van der Waals surface area contributed by atoms with E-state index in [-0.39, 0.29) is 22.8 Å². The fourth-order valence-corrected chi connectivity index (χ4v) is 2.88. The van der Waals surface area contributed by atoms with Gasteiger partial charge in [0.25, 0.3) is 5.22 Å². The van der Waals surface area contributed by atoms with Gasteiger partial charge in [0, 0.05) is 11.6 Å². The third-order valence-electron chi connectivity index (χ3n) is 3.54. The molecule has 11 heteroatoms. The molecule has 10 nitrogen and oxygen atoms in total. The van der Waals surface area contributed by atoms with Gasteiger partial charge in [-0.2, -0.15) is 0 Å². The van der Waals surface area contributed by atoms with Crippen molar-refractivity contribution in [1.82, 2.24) is 15.4 Å². The number of carbonyl (C=O) groups excluding carboxylic acids is 1. The first kappa shape index (κ1) is 19.5. The van der Waals surface area contributed by atoms with E-state index in [1.54, 1.807) is 25.1 Å². The first-order valence-electron chi connectivity index (χ1n) is 8.04. The first-order chi connectivity index (χ1) is 13.5. The number of nitrogens with one attached hydrogen (secondary N) is 1. The summed E-state index contributed by atoms with van der Waals surface area (Å²) in [4.78, 5) is 12.0. The van der Waals surface area contributed by atoms with Crippen LogP contribution in [0, 0.1) is 6.92 Å². The molecule has 0 saturated heterocycles. The van der Waals surface area contributed by atoms with Crippen LogP contribution in [0.3, 0.4) is 0 Å². The second kappa shape index (κ2) is 8.65. The highest BCUT2D eigenvalue weighted by Crippen LogP contribution is 2.41. The molecule has 0 aliphatic rings. The second-order valence-corrected chi connectivity index (χ2v) is 6.37. The fourth-order valence-electron chi connectivity index (χ4n) is 2.32. The normalized spacial score (nSPS) is 10.6. The minimum Gasteiger partial charge on any atom is -0.493 e. The number of hydrogen-bond acceptors (Lipinski definition) is 10. The van der Waals surface area contributed by atoms with E-state index in [2.05, 4.69) is 20.7 Å². The van der Waals surface area contributed by atoms with Crippen LogP contribution >= 0.6 is 11.8 Å². The van der Waals surface area contributed by atoms with Gasteiger partial charge in [0.05, 0.1) is 27.1 Å². The minimum atomic E-state index is -0.272. The average molecular weight is 406 g/mol. The molecule has 1 amide bonds. The lowest BCUT2D eigenvalue weighted by molar-refractivity contribution is -0.113. The Balaban J connectivity index is 1.69. The van der Waals surface area contributed by atoms with Crippen molar-refractivity contribution in [2.24, 2.45) is 0 Å². The van der Waals surface area contributed by atoms with Crippen molar-refractivity contribution >= 4 is 23.5 Å². The topological polar surface area (TPSA) is 122 Å². The highest BCUT2D eigenvalue weighted by Gasteiger charge is 2.18. The van der Waals surface area contributed by atoms with Crippen molar-refractivity contribution in [3.05, 3.63) is 24.0 Å². The summed E-state index contributed by atoms with van der Waals surface area (Å²) in [5.41, 5.74) is 0.594. The van der Waals surface area contributed by atoms with Crippen LogP contribution in [-0.4, -0.2) is 48.3 Å². The van der Waals surface area contributed by atoms with E-state index in [0.29, 0.717) is 34.4 Å². The van der Waals surface area contributed by atoms with E-state index >= 15 is 0 Å². The number of thioether (sulfide) groups is 1. The predicted molar refractivity (Wildman–Crippen MR) is 100.0 cm³/mol. The summed E-state index contributed by atoms with van der Waals surface area (Å²) in [5, 5.41) is 14.5. The van der Waals surface area contributed by atoms with Crippen molar-refractivity contribution < 1.29 is 27.9 Å². The van der Waals surface area contributed by atoms with Crippen molar-refractivity contribution in [3.63, 3.8) is 0 Å². The molecule has 0 atom stereocenters. The molecule has 0 saturated carbocycles. The van der Waals surface area contributed by atoms with E-state index in [9.17, 15) is 4.79 Å². The smallest absolute Gasteiger partial charge is 0.277 e. The van der Waals surface area contributed by atoms with E-state index in [0.717, 1.165) is 11.8 Å². The number of anilines is 1. The Labute approximate surface area is 164 Å². The minimum absolute atomic E-state index is 0.0722. The molecule has 0 aliphatic heterocycles. The molecule has 0 unspecified atom stereocenters. The summed E-state index contributed by atoms with van der Waals surface area (Å²) in [7, 11) is 4.56. The number of aryl methyl sites for hydroxylation is 1. The summed E-state index contributed by atoms with van der Waals surface area (Å²) in [6.07, 6.45) is 0. The third-order valence-corrected chi connectivity index (χ3v) is 4.36. The molecule has 3 aromatic rings. The maximum absolute atomic E-state index is 12.0. The molecule has 0 aliphatic carbocycles. The van der Waals surface area contributed by atoms with Gasteiger partial charge in [-0.05, 0) is 19.1 Å². The van der Waals surface area contributed by atoms with Crippen LogP contribution in [0.25, 0.3) is 11.5 Å². The maximum atomic E-state index is 12.0. The molecule has 28 heavy (non-hydrogen) atoms. The van der Waals surface area contributed by atoms with Gasteiger partial charge in [-0.15, -0.1) is 10.2 Å². The Morgan fingerprint density at radius 3 is 2.39 bits per heavy atom. The number of methoxy groups -OCH3 is 3. The number of nitrogens with zero attached hydrogens (tertiary/aromatic N) is 3. The lowest BCUT2D eigenvalue weighted by Gasteiger charge is -2.12. The molecule has 0 fully saturated rings. The Kier molecular flexibility index (Phi) is 6.04. The van der Waals surface area contributed by atoms with Crippen LogP contribution in [0.15, 0.2) is 32.4 Å². The fraction of sp³-hybridized carbons (Fsp3) is 0.294. The highest BCUT2D eigenvalue weighted by atomic mass is 32.2. The average Bonchev–Trinajstić information content (AvgIpc) is 3.34. The summed E-state index contributed by atoms with van der Waals surface area (Å²) >= 11 is 1.10. The van der Waals surface area contributed by atoms with Gasteiger partial charge in [-0.3, -0.25) is 4.79 Å². The van der Waals surface area contributed by atoms with Crippen LogP contribution in [0.5, 0.6) is 17.2 Å². The third kappa shape index (κ3) is 4.36. The molecule has 0 bridgehead atoms. The lowest BCUT2D eigenvalue weighted by atomic mass is 10.2. The molecular weight excluding hydrogens is 388 g/mol. The molecular formula is C17H18N4O6S. The summed E-state index contributed by atoms with van der Waals surface area (Å²) < 4.78 is 26.4. The molecule has 1 aromatic carbocycles. The number of rotatable bonds is 8. The monoisotopic (exact) mass is 406 g/mol. The highest BCUT2D eigenvalue weighted by molar-refractivity contribution is 7.99. The number of benzene rings is 1. The largest absolute Gasteiger partial charge is 0.493 e. The zero-order valence-corrected chi connectivity index (χ0v) is 16.5. The first-order valence-corrected chi connectivity index (χ1v) is 9.02. The Hall–Kier alpha value is -3.21. The van der Waals surface area contributed by atoms with Crippen LogP contribution < -0.4 is 19.5 Å². The zero-order chi connectivity index (χ0) is 20.1. The van der Waals surface area contributed by atoms with E-state index in [4.69, 9.17) is 23.2 Å². The second-order valence-electron chi connectivity index (χ2n) is 5.45. The quantitative estimate of drug-likeness (QED) is 0.559. The van der Waals surface area contributed by atoms with Gasteiger partial charge in [0.15, 0.2) is 17.3 Å². The number of ether oxygens (including phenoxy) is 3. The molecule has 0 radical (unpaired) electrons. The van der Waals surface area contributed by atoms with Gasteiger partial charge in [0.2, 0.25) is 17.5 Å². The van der Waals surface area contributed by atoms with Crippen LogP contribution in [0.4, 0.5) is 5.82 Å². The summed E-state index contributed by atoms with van der Waals surface area (Å²) in [6, 6.07) is 5.02. The van der Waals surface area contributed by atoms with Gasteiger partial charge >= 0.3 is 0 Å². The van der Waals surface area contributed by atoms with Crippen molar-refractivity contribution in [3.8, 4) is 28.7 Å². The molecule has 148 valence electrons. The number of carbonyl (C=O) groups is 1. The van der Waals surface area contributed by atoms with E-state index < -0.39 is 0 Å². The van der Waals surface area contributed by atoms with Gasteiger partial charge in [-0.25, -0.2) is 0 Å². The van der Waals surface area contributed by atoms with Crippen molar-refractivity contribution in [1.29, 1.82) is 0 Å². The number of aromatic nitrogens is 3. The van der Waals surface area contributed by atoms with Gasteiger partial charge in [-0.1, -0.05) is 16.9 Å². The Morgan fingerprint density at radius 1 is 1.11 bits per heavy atom. The van der Waals surface area contributed by atoms with Crippen LogP contribution in [0.2, 0.25) is 0 Å². The summed E-state index contributed by atoms with van der Waals surface area (Å²) in [6.45, 7) is 1.74. The molecule has 1 N–H and O–H groups in total. The molecule has 2 aromatic heterocycles. The number of hydrogen-bond donors (Lipinski definition) is 1. The molecule has 3 rings (SSSR count). The van der Waals surface area contributed by atoms with Gasteiger partial charge in [0.1, 0.15) is 5.76 Å². The Bertz CT molecular complexity index is 945. The number of amides is 1. The van der Waals surface area contributed by atoms with E-state index in [1.165, 1.54) is 21.3 Å².